The molecule has 5 heteroatoms. The Bertz CT molecular complexity index is 381. The summed E-state index contributed by atoms with van der Waals surface area (Å²) in [4.78, 5) is 10.8. The molecule has 0 aliphatic carbocycles. The van der Waals surface area contributed by atoms with E-state index in [1.807, 2.05) is 6.92 Å². The van der Waals surface area contributed by atoms with Crippen molar-refractivity contribution in [3.8, 4) is 5.75 Å². The van der Waals surface area contributed by atoms with Crippen LogP contribution in [-0.2, 0) is 4.74 Å². The number of hydrogen-bond donors (Lipinski definition) is 2. The molecule has 1 rings (SSSR count). The van der Waals surface area contributed by atoms with Crippen LogP contribution in [0.3, 0.4) is 0 Å². The van der Waals surface area contributed by atoms with Crippen LogP contribution in [0.4, 0.5) is 0 Å². The molecule has 1 unspecified atom stereocenters. The summed E-state index contributed by atoms with van der Waals surface area (Å²) in [5, 5.41) is 12.1. The first-order valence-corrected chi connectivity index (χ1v) is 5.82. The van der Waals surface area contributed by atoms with Gasteiger partial charge in [-0.05, 0) is 25.1 Å². The van der Waals surface area contributed by atoms with Crippen molar-refractivity contribution in [3.63, 3.8) is 0 Å². The number of rotatable bonds is 8. The highest BCUT2D eigenvalue weighted by Gasteiger charge is 2.04. The lowest BCUT2D eigenvalue weighted by Gasteiger charge is -2.13. The largest absolute Gasteiger partial charge is 0.492 e. The minimum Gasteiger partial charge on any atom is -0.492 e. The third-order valence-electron chi connectivity index (χ3n) is 2.36. The van der Waals surface area contributed by atoms with E-state index in [0.717, 1.165) is 0 Å². The van der Waals surface area contributed by atoms with Gasteiger partial charge in [0, 0.05) is 19.7 Å². The molecule has 0 aliphatic heterocycles. The van der Waals surface area contributed by atoms with Crippen molar-refractivity contribution in [2.45, 2.75) is 13.0 Å². The van der Waals surface area contributed by atoms with Gasteiger partial charge in [-0.15, -0.1) is 0 Å². The molecule has 18 heavy (non-hydrogen) atoms. The summed E-state index contributed by atoms with van der Waals surface area (Å²) in [6.45, 7) is 3.84. The van der Waals surface area contributed by atoms with Crippen LogP contribution in [0, 0.1) is 0 Å². The number of carboxylic acid groups (broad SMARTS) is 1. The van der Waals surface area contributed by atoms with Crippen LogP contribution in [-0.4, -0.2) is 44.0 Å². The summed E-state index contributed by atoms with van der Waals surface area (Å²) in [5.41, 5.74) is 0.230. The number of nitrogens with one attached hydrogen (secondary N) is 1. The Morgan fingerprint density at radius 3 is 2.94 bits per heavy atom. The van der Waals surface area contributed by atoms with Crippen molar-refractivity contribution in [2.24, 2.45) is 0 Å². The first kappa shape index (κ1) is 14.5. The van der Waals surface area contributed by atoms with Crippen LogP contribution in [0.5, 0.6) is 5.75 Å². The highest BCUT2D eigenvalue weighted by Crippen LogP contribution is 2.12. The van der Waals surface area contributed by atoms with Crippen molar-refractivity contribution >= 4 is 5.97 Å². The van der Waals surface area contributed by atoms with Gasteiger partial charge in [0.15, 0.2) is 0 Å². The fourth-order valence-electron chi connectivity index (χ4n) is 1.50. The number of benzene rings is 1. The number of ether oxygens (including phenoxy) is 2. The first-order chi connectivity index (χ1) is 8.63. The Labute approximate surface area is 107 Å². The second-order valence-electron chi connectivity index (χ2n) is 3.99. The van der Waals surface area contributed by atoms with Gasteiger partial charge in [-0.2, -0.15) is 0 Å². The second kappa shape index (κ2) is 7.68. The fraction of sp³-hybridized carbons (Fsp3) is 0.462. The van der Waals surface area contributed by atoms with E-state index < -0.39 is 5.97 Å². The summed E-state index contributed by atoms with van der Waals surface area (Å²) in [6, 6.07) is 6.73. The minimum absolute atomic E-state index is 0.230. The summed E-state index contributed by atoms with van der Waals surface area (Å²) in [5.74, 6) is -0.386. The number of methoxy groups -OCH3 is 1. The normalized spacial score (nSPS) is 12.1. The molecular formula is C13H19NO4. The topological polar surface area (TPSA) is 67.8 Å². The quantitative estimate of drug-likeness (QED) is 0.685. The number of aromatic carboxylic acids is 1. The Kier molecular flexibility index (Phi) is 6.18. The van der Waals surface area contributed by atoms with E-state index >= 15 is 0 Å². The fourth-order valence-corrected chi connectivity index (χ4v) is 1.50. The van der Waals surface area contributed by atoms with E-state index in [2.05, 4.69) is 5.32 Å². The van der Waals surface area contributed by atoms with Gasteiger partial charge < -0.3 is 19.9 Å². The lowest BCUT2D eigenvalue weighted by atomic mass is 10.2. The summed E-state index contributed by atoms with van der Waals surface area (Å²) >= 11 is 0. The Morgan fingerprint density at radius 2 is 2.28 bits per heavy atom. The standard InChI is InChI=1S/C13H19NO4/c1-10(9-17-2)14-6-7-18-12-5-3-4-11(8-12)13(15)16/h3-5,8,10,14H,6-7,9H2,1-2H3,(H,15,16). The van der Waals surface area contributed by atoms with Crippen molar-refractivity contribution in [2.75, 3.05) is 26.9 Å². The zero-order valence-corrected chi connectivity index (χ0v) is 10.7. The summed E-state index contributed by atoms with van der Waals surface area (Å²) in [7, 11) is 1.66. The number of carbonyl (C=O) groups is 1. The molecule has 1 atom stereocenters. The Hall–Kier alpha value is -1.59. The lowest BCUT2D eigenvalue weighted by molar-refractivity contribution is 0.0696. The van der Waals surface area contributed by atoms with E-state index in [9.17, 15) is 4.79 Å². The van der Waals surface area contributed by atoms with Crippen LogP contribution in [0.1, 0.15) is 17.3 Å². The maximum Gasteiger partial charge on any atom is 0.335 e. The van der Waals surface area contributed by atoms with Gasteiger partial charge in [0.2, 0.25) is 0 Å². The zero-order chi connectivity index (χ0) is 13.4. The maximum absolute atomic E-state index is 10.8. The molecule has 5 nitrogen and oxygen atoms in total. The molecule has 0 bridgehead atoms. The van der Waals surface area contributed by atoms with Gasteiger partial charge in [0.1, 0.15) is 12.4 Å². The molecule has 0 spiro atoms. The van der Waals surface area contributed by atoms with Gasteiger partial charge in [-0.1, -0.05) is 6.07 Å². The van der Waals surface area contributed by atoms with Crippen molar-refractivity contribution < 1.29 is 19.4 Å². The average Bonchev–Trinajstić information content (AvgIpc) is 2.35. The molecule has 1 aromatic carbocycles. The van der Waals surface area contributed by atoms with E-state index in [4.69, 9.17) is 14.6 Å². The molecule has 0 aliphatic rings. The highest BCUT2D eigenvalue weighted by molar-refractivity contribution is 5.87. The smallest absolute Gasteiger partial charge is 0.335 e. The maximum atomic E-state index is 10.8. The van der Waals surface area contributed by atoms with E-state index in [0.29, 0.717) is 25.5 Å². The molecule has 0 fully saturated rings. The Balaban J connectivity index is 2.31. The molecule has 2 N–H and O–H groups in total. The van der Waals surface area contributed by atoms with Gasteiger partial charge in [-0.25, -0.2) is 4.79 Å². The van der Waals surface area contributed by atoms with Gasteiger partial charge in [-0.3, -0.25) is 0 Å². The average molecular weight is 253 g/mol. The molecule has 100 valence electrons. The summed E-state index contributed by atoms with van der Waals surface area (Å²) < 4.78 is 10.5. The second-order valence-corrected chi connectivity index (χ2v) is 3.99. The van der Waals surface area contributed by atoms with Crippen LogP contribution < -0.4 is 10.1 Å². The van der Waals surface area contributed by atoms with Crippen molar-refractivity contribution in [1.29, 1.82) is 0 Å². The van der Waals surface area contributed by atoms with Crippen molar-refractivity contribution in [1.82, 2.24) is 5.32 Å². The molecule has 1 aromatic rings. The predicted octanol–water partition coefficient (Wildman–Crippen LogP) is 1.39. The Morgan fingerprint density at radius 1 is 1.50 bits per heavy atom. The van der Waals surface area contributed by atoms with Crippen LogP contribution in [0.2, 0.25) is 0 Å². The highest BCUT2D eigenvalue weighted by atomic mass is 16.5. The third kappa shape index (κ3) is 5.16. The molecule has 0 saturated heterocycles. The minimum atomic E-state index is -0.952. The van der Waals surface area contributed by atoms with Gasteiger partial charge in [0.05, 0.1) is 12.2 Å². The lowest BCUT2D eigenvalue weighted by Crippen LogP contribution is -2.33. The molecule has 0 saturated carbocycles. The van der Waals surface area contributed by atoms with E-state index in [1.54, 1.807) is 19.2 Å². The van der Waals surface area contributed by atoms with Crippen LogP contribution >= 0.6 is 0 Å². The van der Waals surface area contributed by atoms with Gasteiger partial charge in [0.25, 0.3) is 0 Å². The SMILES string of the molecule is COCC(C)NCCOc1cccc(C(=O)O)c1. The third-order valence-corrected chi connectivity index (χ3v) is 2.36. The zero-order valence-electron chi connectivity index (χ0n) is 10.7. The van der Waals surface area contributed by atoms with Gasteiger partial charge >= 0.3 is 5.97 Å². The van der Waals surface area contributed by atoms with Crippen LogP contribution in [0.25, 0.3) is 0 Å². The molecule has 0 heterocycles. The van der Waals surface area contributed by atoms with Crippen LogP contribution in [0.15, 0.2) is 24.3 Å². The number of carboxylic acids is 1. The predicted molar refractivity (Wildman–Crippen MR) is 68.2 cm³/mol. The summed E-state index contributed by atoms with van der Waals surface area (Å²) in [6.07, 6.45) is 0. The van der Waals surface area contributed by atoms with E-state index in [1.165, 1.54) is 12.1 Å². The molecular weight excluding hydrogens is 234 g/mol. The van der Waals surface area contributed by atoms with E-state index in [-0.39, 0.29) is 11.6 Å². The molecule has 0 aromatic heterocycles. The molecule has 0 amide bonds. The monoisotopic (exact) mass is 253 g/mol. The number of hydrogen-bond acceptors (Lipinski definition) is 4. The van der Waals surface area contributed by atoms with Crippen molar-refractivity contribution in [3.05, 3.63) is 29.8 Å². The molecule has 0 radical (unpaired) electrons. The first-order valence-electron chi connectivity index (χ1n) is 5.82.